The minimum absolute atomic E-state index is 0. The lowest BCUT2D eigenvalue weighted by Gasteiger charge is -2.34. The summed E-state index contributed by atoms with van der Waals surface area (Å²) in [5, 5.41) is 13.2. The van der Waals surface area contributed by atoms with Crippen LogP contribution in [0.5, 0.6) is 0 Å². The van der Waals surface area contributed by atoms with Gasteiger partial charge in [0.1, 0.15) is 5.84 Å². The molecule has 0 aliphatic carbocycles. The summed E-state index contributed by atoms with van der Waals surface area (Å²) in [4.78, 5) is 43.0. The molecule has 10 nitrogen and oxygen atoms in total. The van der Waals surface area contributed by atoms with E-state index in [0.29, 0.717) is 23.8 Å². The van der Waals surface area contributed by atoms with Crippen molar-refractivity contribution in [3.8, 4) is 0 Å². The molecule has 0 bridgehead atoms. The summed E-state index contributed by atoms with van der Waals surface area (Å²) in [6, 6.07) is 10.0. The van der Waals surface area contributed by atoms with Crippen molar-refractivity contribution < 1.29 is 24.2 Å². The predicted octanol–water partition coefficient (Wildman–Crippen LogP) is 0.466. The van der Waals surface area contributed by atoms with Crippen LogP contribution in [0.4, 0.5) is 11.4 Å². The fraction of sp³-hybridized carbons (Fsp3) is 0.273. The minimum Gasteiger partial charge on any atom is -0.383 e. The number of amidine groups is 1. The van der Waals surface area contributed by atoms with E-state index in [4.69, 9.17) is 16.2 Å². The number of amides is 3. The Hall–Kier alpha value is -3.47. The van der Waals surface area contributed by atoms with Gasteiger partial charge >= 0.3 is 0 Å². The number of ether oxygens (including phenoxy) is 1. The highest BCUT2D eigenvalue weighted by Gasteiger charge is 2.40. The van der Waals surface area contributed by atoms with E-state index in [1.807, 2.05) is 0 Å². The normalized spacial score (nSPS) is 18.1. The van der Waals surface area contributed by atoms with Gasteiger partial charge in [0, 0.05) is 17.8 Å². The fourth-order valence-corrected chi connectivity index (χ4v) is 3.82. The number of aliphatic hydroxyl groups excluding tert-OH is 1. The molecule has 1 saturated heterocycles. The Kier molecular flexibility index (Phi) is 7.01. The number of morpholine rings is 1. The number of nitrogens with two attached hydrogens (primary N) is 2. The molecule has 3 amide bonds. The Balaban J connectivity index is 0.00000306. The zero-order valence-electron chi connectivity index (χ0n) is 17.8. The van der Waals surface area contributed by atoms with Crippen LogP contribution in [0, 0.1) is 6.92 Å². The first kappa shape index (κ1) is 24.2. The smallest absolute Gasteiger partial charge is 0.259 e. The molecule has 2 heterocycles. The number of anilines is 2. The Labute approximate surface area is 196 Å². The van der Waals surface area contributed by atoms with Crippen molar-refractivity contribution in [2.45, 2.75) is 25.7 Å². The van der Waals surface area contributed by atoms with Gasteiger partial charge in [0.15, 0.2) is 12.2 Å². The zero-order valence-corrected chi connectivity index (χ0v) is 18.6. The standard InChI is InChI=1S/C22H23N5O5.ClH/c1-11-2-5-16(15(8-11)20(24)29)27-6-7-32-18(22(27)31)17(28)21(30)26-13-3-4-14-12(9-13)10-25-19(14)23;/h2-5,8-9,17-18,28H,6-7,10H2,1H3,(H2,23,25)(H2,24,29)(H,26,30);1H/t17-,18-;/m1./s1. The number of nitrogens with one attached hydrogen (secondary N) is 1. The molecule has 0 aromatic heterocycles. The molecule has 33 heavy (non-hydrogen) atoms. The second kappa shape index (κ2) is 9.57. The Bertz CT molecular complexity index is 1150. The molecular formula is C22H24ClN5O5. The van der Waals surface area contributed by atoms with Crippen LogP contribution < -0.4 is 21.7 Å². The number of halogens is 1. The molecule has 2 aliphatic rings. The largest absolute Gasteiger partial charge is 0.383 e. The summed E-state index contributed by atoms with van der Waals surface area (Å²) in [5.74, 6) is -1.68. The van der Waals surface area contributed by atoms with E-state index in [1.165, 1.54) is 4.90 Å². The van der Waals surface area contributed by atoms with E-state index < -0.39 is 29.9 Å². The average Bonchev–Trinajstić information content (AvgIpc) is 3.13. The minimum atomic E-state index is -1.76. The van der Waals surface area contributed by atoms with Crippen LogP contribution >= 0.6 is 12.4 Å². The summed E-state index contributed by atoms with van der Waals surface area (Å²) >= 11 is 0. The number of primary amides is 1. The van der Waals surface area contributed by atoms with E-state index in [1.54, 1.807) is 43.3 Å². The molecule has 6 N–H and O–H groups in total. The van der Waals surface area contributed by atoms with Gasteiger partial charge in [-0.3, -0.25) is 19.4 Å². The SMILES string of the molecule is Cc1ccc(N2CCO[C@H]([C@@H](O)C(=O)Nc3ccc4c(c3)CN=C4N)C2=O)c(C(N)=O)c1.Cl. The van der Waals surface area contributed by atoms with Gasteiger partial charge in [-0.15, -0.1) is 12.4 Å². The highest BCUT2D eigenvalue weighted by Crippen LogP contribution is 2.26. The van der Waals surface area contributed by atoms with Crippen molar-refractivity contribution >= 4 is 47.3 Å². The van der Waals surface area contributed by atoms with Crippen LogP contribution in [0.1, 0.15) is 27.0 Å². The fourth-order valence-electron chi connectivity index (χ4n) is 3.82. The molecular weight excluding hydrogens is 450 g/mol. The number of rotatable bonds is 5. The highest BCUT2D eigenvalue weighted by molar-refractivity contribution is 6.08. The zero-order chi connectivity index (χ0) is 23.0. The van der Waals surface area contributed by atoms with E-state index in [-0.39, 0.29) is 31.1 Å². The first-order valence-corrected chi connectivity index (χ1v) is 10.0. The number of carbonyl (C=O) groups is 3. The molecule has 174 valence electrons. The molecule has 0 spiro atoms. The van der Waals surface area contributed by atoms with Gasteiger partial charge in [-0.2, -0.15) is 0 Å². The first-order chi connectivity index (χ1) is 15.3. The third kappa shape index (κ3) is 4.68. The van der Waals surface area contributed by atoms with Crippen LogP contribution in [0.25, 0.3) is 0 Å². The second-order valence-electron chi connectivity index (χ2n) is 7.67. The van der Waals surface area contributed by atoms with Gasteiger partial charge in [0.2, 0.25) is 0 Å². The van der Waals surface area contributed by atoms with Crippen molar-refractivity contribution in [3.63, 3.8) is 0 Å². The van der Waals surface area contributed by atoms with Gasteiger partial charge < -0.3 is 31.5 Å². The van der Waals surface area contributed by atoms with Crippen LogP contribution in [-0.2, 0) is 20.9 Å². The predicted molar refractivity (Wildman–Crippen MR) is 125 cm³/mol. The van der Waals surface area contributed by atoms with Crippen molar-refractivity contribution in [2.75, 3.05) is 23.4 Å². The lowest BCUT2D eigenvalue weighted by atomic mass is 10.0. The third-order valence-electron chi connectivity index (χ3n) is 5.45. The van der Waals surface area contributed by atoms with Crippen LogP contribution in [-0.4, -0.2) is 54.0 Å². The molecule has 1 fully saturated rings. The van der Waals surface area contributed by atoms with Gasteiger partial charge in [-0.25, -0.2) is 0 Å². The Morgan fingerprint density at radius 2 is 2.03 bits per heavy atom. The number of hydrogen-bond acceptors (Lipinski definition) is 7. The van der Waals surface area contributed by atoms with E-state index in [0.717, 1.165) is 16.7 Å². The summed E-state index contributed by atoms with van der Waals surface area (Å²) in [6.07, 6.45) is -3.19. The van der Waals surface area contributed by atoms with Crippen molar-refractivity contribution in [3.05, 3.63) is 58.7 Å². The molecule has 0 unspecified atom stereocenters. The van der Waals surface area contributed by atoms with Crippen molar-refractivity contribution in [1.29, 1.82) is 0 Å². The number of nitrogens with zero attached hydrogens (tertiary/aromatic N) is 2. The molecule has 0 saturated carbocycles. The molecule has 0 radical (unpaired) electrons. The van der Waals surface area contributed by atoms with E-state index in [2.05, 4.69) is 10.3 Å². The highest BCUT2D eigenvalue weighted by atomic mass is 35.5. The maximum atomic E-state index is 13.1. The van der Waals surface area contributed by atoms with Gasteiger partial charge in [0.05, 0.1) is 24.4 Å². The lowest BCUT2D eigenvalue weighted by Crippen LogP contribution is -2.55. The number of fused-ring (bicyclic) bond motifs is 1. The quantitative estimate of drug-likeness (QED) is 0.493. The first-order valence-electron chi connectivity index (χ1n) is 10.0. The Morgan fingerprint density at radius 3 is 2.76 bits per heavy atom. The maximum Gasteiger partial charge on any atom is 0.259 e. The number of aliphatic hydroxyl groups is 1. The number of hydrogen-bond donors (Lipinski definition) is 4. The molecule has 2 atom stereocenters. The molecule has 2 aromatic rings. The summed E-state index contributed by atoms with van der Waals surface area (Å²) in [7, 11) is 0. The Morgan fingerprint density at radius 1 is 1.27 bits per heavy atom. The van der Waals surface area contributed by atoms with Gasteiger partial charge in [0.25, 0.3) is 17.7 Å². The third-order valence-corrected chi connectivity index (χ3v) is 5.45. The number of aryl methyl sites for hydroxylation is 1. The monoisotopic (exact) mass is 473 g/mol. The maximum absolute atomic E-state index is 13.1. The summed E-state index contributed by atoms with van der Waals surface area (Å²) in [5.41, 5.74) is 14.6. The second-order valence-corrected chi connectivity index (χ2v) is 7.67. The number of carbonyl (C=O) groups excluding carboxylic acids is 3. The van der Waals surface area contributed by atoms with E-state index in [9.17, 15) is 19.5 Å². The summed E-state index contributed by atoms with van der Waals surface area (Å²) in [6.45, 7) is 2.43. The van der Waals surface area contributed by atoms with Crippen molar-refractivity contribution in [1.82, 2.24) is 0 Å². The van der Waals surface area contributed by atoms with Gasteiger partial charge in [-0.05, 0) is 42.8 Å². The van der Waals surface area contributed by atoms with Crippen molar-refractivity contribution in [2.24, 2.45) is 16.5 Å². The lowest BCUT2D eigenvalue weighted by molar-refractivity contribution is -0.150. The molecule has 2 aliphatic heterocycles. The number of aliphatic imine (C=N–C) groups is 1. The van der Waals surface area contributed by atoms with Crippen LogP contribution in [0.15, 0.2) is 41.4 Å². The topological polar surface area (TPSA) is 160 Å². The average molecular weight is 474 g/mol. The van der Waals surface area contributed by atoms with Crippen LogP contribution in [0.3, 0.4) is 0 Å². The summed E-state index contributed by atoms with van der Waals surface area (Å²) < 4.78 is 5.42. The van der Waals surface area contributed by atoms with E-state index >= 15 is 0 Å². The molecule has 11 heteroatoms. The molecule has 2 aromatic carbocycles. The number of benzene rings is 2. The van der Waals surface area contributed by atoms with Crippen LogP contribution in [0.2, 0.25) is 0 Å². The van der Waals surface area contributed by atoms with Gasteiger partial charge in [-0.1, -0.05) is 11.6 Å². The molecule has 4 rings (SSSR count).